The first-order chi connectivity index (χ1) is 12.0. The molecule has 3 rings (SSSR count). The fourth-order valence-electron chi connectivity index (χ4n) is 2.55. The van der Waals surface area contributed by atoms with Crippen LogP contribution in [0.15, 0.2) is 36.4 Å². The van der Waals surface area contributed by atoms with Gasteiger partial charge in [0.15, 0.2) is 0 Å². The van der Waals surface area contributed by atoms with Crippen LogP contribution in [0.25, 0.3) is 21.8 Å². The Morgan fingerprint density at radius 2 is 1.32 bits per heavy atom. The molecule has 0 unspecified atom stereocenters. The number of rotatable bonds is 4. The lowest BCUT2D eigenvalue weighted by molar-refractivity contribution is -0.116. The molecule has 3 aromatic rings. The lowest BCUT2D eigenvalue weighted by Crippen LogP contribution is -2.09. The van der Waals surface area contributed by atoms with Gasteiger partial charge in [0.05, 0.1) is 16.1 Å². The highest BCUT2D eigenvalue weighted by atomic mass is 35.5. The van der Waals surface area contributed by atoms with Gasteiger partial charge in [-0.2, -0.15) is 0 Å². The van der Waals surface area contributed by atoms with Gasteiger partial charge < -0.3 is 10.6 Å². The molecule has 25 heavy (non-hydrogen) atoms. The third-order valence-electron chi connectivity index (χ3n) is 3.92. The number of anilines is 2. The van der Waals surface area contributed by atoms with Crippen LogP contribution in [-0.4, -0.2) is 16.8 Å². The number of hydrogen-bond acceptors (Lipinski definition) is 3. The summed E-state index contributed by atoms with van der Waals surface area (Å²) in [5.41, 5.74) is 2.73. The minimum Gasteiger partial charge on any atom is -0.326 e. The normalized spacial score (nSPS) is 10.8. The molecule has 2 amide bonds. The van der Waals surface area contributed by atoms with Crippen molar-refractivity contribution < 1.29 is 9.59 Å². The second-order valence-electron chi connectivity index (χ2n) is 5.69. The van der Waals surface area contributed by atoms with Crippen LogP contribution in [0.4, 0.5) is 11.4 Å². The molecule has 0 radical (unpaired) electrons. The van der Waals surface area contributed by atoms with E-state index in [4.69, 9.17) is 11.6 Å². The van der Waals surface area contributed by atoms with Gasteiger partial charge in [-0.05, 0) is 36.4 Å². The summed E-state index contributed by atoms with van der Waals surface area (Å²) in [5, 5.41) is 7.86. The predicted octanol–water partition coefficient (Wildman–Crippen LogP) is 4.74. The summed E-state index contributed by atoms with van der Waals surface area (Å²) in [6, 6.07) is 10.9. The number of carbonyl (C=O) groups excluding carboxylic acids is 2. The van der Waals surface area contributed by atoms with Crippen molar-refractivity contribution in [2.75, 3.05) is 10.6 Å². The molecule has 1 aromatic heterocycles. The summed E-state index contributed by atoms with van der Waals surface area (Å²) in [4.78, 5) is 27.8. The molecular weight excluding hydrogens is 338 g/mol. The molecule has 5 nitrogen and oxygen atoms in total. The maximum atomic E-state index is 11.6. The summed E-state index contributed by atoms with van der Waals surface area (Å²) < 4.78 is 0. The number of benzene rings is 2. The quantitative estimate of drug-likeness (QED) is 0.664. The first-order valence-electron chi connectivity index (χ1n) is 8.14. The fourth-order valence-corrected chi connectivity index (χ4v) is 2.87. The Kier molecular flexibility index (Phi) is 4.86. The molecular formula is C19H18ClN3O2. The zero-order valence-corrected chi connectivity index (χ0v) is 14.8. The first kappa shape index (κ1) is 17.2. The van der Waals surface area contributed by atoms with E-state index in [2.05, 4.69) is 15.6 Å². The maximum Gasteiger partial charge on any atom is 0.224 e. The Labute approximate surface area is 150 Å². The summed E-state index contributed by atoms with van der Waals surface area (Å²) in [5.74, 6) is -0.119. The third-order valence-corrected chi connectivity index (χ3v) is 4.33. The van der Waals surface area contributed by atoms with Crippen LogP contribution < -0.4 is 10.6 Å². The van der Waals surface area contributed by atoms with E-state index in [-0.39, 0.29) is 11.8 Å². The van der Waals surface area contributed by atoms with Crippen LogP contribution in [0.2, 0.25) is 5.02 Å². The van der Waals surface area contributed by atoms with E-state index in [1.807, 2.05) is 24.3 Å². The van der Waals surface area contributed by atoms with E-state index in [9.17, 15) is 9.59 Å². The Bertz CT molecular complexity index is 909. The lowest BCUT2D eigenvalue weighted by atomic mass is 10.1. The van der Waals surface area contributed by atoms with Gasteiger partial charge in [-0.1, -0.05) is 25.4 Å². The Morgan fingerprint density at radius 1 is 0.880 bits per heavy atom. The molecule has 2 N–H and O–H groups in total. The summed E-state index contributed by atoms with van der Waals surface area (Å²) >= 11 is 6.53. The van der Waals surface area contributed by atoms with E-state index in [1.165, 1.54) is 0 Å². The van der Waals surface area contributed by atoms with Gasteiger partial charge in [0.2, 0.25) is 11.8 Å². The van der Waals surface area contributed by atoms with Crippen LogP contribution in [0, 0.1) is 0 Å². The molecule has 0 atom stereocenters. The number of amides is 2. The highest BCUT2D eigenvalue weighted by Gasteiger charge is 2.10. The molecule has 128 valence electrons. The highest BCUT2D eigenvalue weighted by molar-refractivity contribution is 6.40. The Morgan fingerprint density at radius 3 is 1.72 bits per heavy atom. The number of fused-ring (bicyclic) bond motifs is 2. The molecule has 1 heterocycles. The molecule has 0 aliphatic carbocycles. The molecule has 0 fully saturated rings. The van der Waals surface area contributed by atoms with Crippen molar-refractivity contribution in [2.24, 2.45) is 0 Å². The van der Waals surface area contributed by atoms with Crippen LogP contribution in [-0.2, 0) is 9.59 Å². The molecule has 0 saturated heterocycles. The number of pyridine rings is 1. The largest absolute Gasteiger partial charge is 0.326 e. The Hall–Kier alpha value is -2.66. The number of aromatic nitrogens is 1. The standard InChI is InChI=1S/C19H18ClN3O2/c1-3-17(24)21-11-5-7-13-15(9-11)23-16-10-12(22-18(25)4-2)6-8-14(16)19(13)20/h5-10H,3-4H2,1-2H3,(H,21,24)(H,22,25). The average molecular weight is 356 g/mol. The molecule has 0 bridgehead atoms. The third kappa shape index (κ3) is 3.56. The van der Waals surface area contributed by atoms with E-state index < -0.39 is 0 Å². The number of carbonyl (C=O) groups is 2. The van der Waals surface area contributed by atoms with E-state index in [1.54, 1.807) is 26.0 Å². The molecule has 0 saturated carbocycles. The molecule has 0 spiro atoms. The molecule has 0 aliphatic rings. The SMILES string of the molecule is CCC(=O)Nc1ccc2c(Cl)c3ccc(NC(=O)CC)cc3nc2c1. The van der Waals surface area contributed by atoms with Crippen LogP contribution >= 0.6 is 11.6 Å². The van der Waals surface area contributed by atoms with Gasteiger partial charge >= 0.3 is 0 Å². The second-order valence-corrected chi connectivity index (χ2v) is 6.07. The predicted molar refractivity (Wildman–Crippen MR) is 102 cm³/mol. The summed E-state index contributed by atoms with van der Waals surface area (Å²) in [6.07, 6.45) is 0.814. The first-order valence-corrected chi connectivity index (χ1v) is 8.52. The highest BCUT2D eigenvalue weighted by Crippen LogP contribution is 2.33. The summed E-state index contributed by atoms with van der Waals surface area (Å²) in [6.45, 7) is 3.59. The number of nitrogens with zero attached hydrogens (tertiary/aromatic N) is 1. The van der Waals surface area contributed by atoms with E-state index in [0.29, 0.717) is 40.3 Å². The van der Waals surface area contributed by atoms with Crippen molar-refractivity contribution in [3.8, 4) is 0 Å². The molecule has 6 heteroatoms. The number of hydrogen-bond donors (Lipinski definition) is 2. The van der Waals surface area contributed by atoms with Gasteiger partial charge in [0.1, 0.15) is 0 Å². The minimum atomic E-state index is -0.0594. The topological polar surface area (TPSA) is 71.1 Å². The van der Waals surface area contributed by atoms with Crippen molar-refractivity contribution in [2.45, 2.75) is 26.7 Å². The van der Waals surface area contributed by atoms with Gasteiger partial charge in [-0.3, -0.25) is 9.59 Å². The lowest BCUT2D eigenvalue weighted by Gasteiger charge is -2.10. The van der Waals surface area contributed by atoms with E-state index >= 15 is 0 Å². The zero-order chi connectivity index (χ0) is 18.0. The van der Waals surface area contributed by atoms with Crippen molar-refractivity contribution in [1.82, 2.24) is 4.98 Å². The van der Waals surface area contributed by atoms with E-state index in [0.717, 1.165) is 10.8 Å². The van der Waals surface area contributed by atoms with Crippen LogP contribution in [0.1, 0.15) is 26.7 Å². The maximum absolute atomic E-state index is 11.6. The smallest absolute Gasteiger partial charge is 0.224 e. The van der Waals surface area contributed by atoms with Gasteiger partial charge in [-0.15, -0.1) is 0 Å². The van der Waals surface area contributed by atoms with Crippen molar-refractivity contribution in [3.05, 3.63) is 41.4 Å². The van der Waals surface area contributed by atoms with Crippen LogP contribution in [0.5, 0.6) is 0 Å². The monoisotopic (exact) mass is 355 g/mol. The van der Waals surface area contributed by atoms with Gasteiger partial charge in [0, 0.05) is 35.0 Å². The zero-order valence-electron chi connectivity index (χ0n) is 14.0. The second kappa shape index (κ2) is 7.07. The molecule has 0 aliphatic heterocycles. The van der Waals surface area contributed by atoms with Crippen molar-refractivity contribution in [3.63, 3.8) is 0 Å². The number of nitrogens with one attached hydrogen (secondary N) is 2. The van der Waals surface area contributed by atoms with Gasteiger partial charge in [-0.25, -0.2) is 4.98 Å². The van der Waals surface area contributed by atoms with Crippen molar-refractivity contribution in [1.29, 1.82) is 0 Å². The fraction of sp³-hybridized carbons (Fsp3) is 0.211. The molecule has 2 aromatic carbocycles. The van der Waals surface area contributed by atoms with Gasteiger partial charge in [0.25, 0.3) is 0 Å². The number of halogens is 1. The Balaban J connectivity index is 2.09. The summed E-state index contributed by atoms with van der Waals surface area (Å²) in [7, 11) is 0. The van der Waals surface area contributed by atoms with Crippen LogP contribution in [0.3, 0.4) is 0 Å². The average Bonchev–Trinajstić information content (AvgIpc) is 2.61. The minimum absolute atomic E-state index is 0.0594. The van der Waals surface area contributed by atoms with Crippen molar-refractivity contribution >= 4 is 56.6 Å².